The number of methoxy groups -OCH3 is 1. The molecule has 1 aromatic heterocycles. The molecule has 9 heteroatoms. The van der Waals surface area contributed by atoms with Crippen molar-refractivity contribution in [2.75, 3.05) is 26.8 Å². The third kappa shape index (κ3) is 4.71. The maximum atomic E-state index is 11.4. The summed E-state index contributed by atoms with van der Waals surface area (Å²) in [6, 6.07) is -0.330. The molecule has 1 atom stereocenters. The summed E-state index contributed by atoms with van der Waals surface area (Å²) in [5.41, 5.74) is 0. The number of amides is 3. The summed E-state index contributed by atoms with van der Waals surface area (Å²) in [7, 11) is 1.56. The molecule has 3 N–H and O–H groups in total. The Morgan fingerprint density at radius 1 is 1.52 bits per heavy atom. The molecule has 0 radical (unpaired) electrons. The molecule has 0 bridgehead atoms. The number of aromatic nitrogens is 2. The lowest BCUT2D eigenvalue weighted by Crippen LogP contribution is -2.36. The van der Waals surface area contributed by atoms with Gasteiger partial charge in [-0.15, -0.1) is 0 Å². The lowest BCUT2D eigenvalue weighted by Gasteiger charge is -2.18. The monoisotopic (exact) mass is 297 g/mol. The smallest absolute Gasteiger partial charge is 0.315 e. The number of hydrogen-bond donors (Lipinski definition) is 3. The van der Waals surface area contributed by atoms with E-state index >= 15 is 0 Å². The van der Waals surface area contributed by atoms with Crippen molar-refractivity contribution < 1.29 is 18.8 Å². The second-order valence-electron chi connectivity index (χ2n) is 4.69. The highest BCUT2D eigenvalue weighted by Gasteiger charge is 2.25. The van der Waals surface area contributed by atoms with Crippen LogP contribution in [0.25, 0.3) is 0 Å². The average Bonchev–Trinajstić information content (AvgIpc) is 2.94. The summed E-state index contributed by atoms with van der Waals surface area (Å²) in [6.45, 7) is 1.63. The van der Waals surface area contributed by atoms with Gasteiger partial charge in [0, 0.05) is 32.5 Å². The Bertz CT molecular complexity index is 490. The van der Waals surface area contributed by atoms with E-state index in [0.717, 1.165) is 6.42 Å². The Morgan fingerprint density at radius 2 is 2.38 bits per heavy atom. The van der Waals surface area contributed by atoms with E-state index in [1.807, 2.05) is 0 Å². The quantitative estimate of drug-likeness (QED) is 0.610. The molecule has 0 saturated carbocycles. The van der Waals surface area contributed by atoms with Crippen molar-refractivity contribution in [3.63, 3.8) is 0 Å². The van der Waals surface area contributed by atoms with Crippen molar-refractivity contribution in [3.05, 3.63) is 11.7 Å². The normalized spacial score (nSPS) is 18.1. The summed E-state index contributed by atoms with van der Waals surface area (Å²) in [5, 5.41) is 11.8. The van der Waals surface area contributed by atoms with E-state index in [-0.39, 0.29) is 24.4 Å². The van der Waals surface area contributed by atoms with Gasteiger partial charge in [-0.05, 0) is 6.42 Å². The molecule has 1 aliphatic rings. The highest BCUT2D eigenvalue weighted by Crippen LogP contribution is 2.22. The van der Waals surface area contributed by atoms with Gasteiger partial charge in [-0.25, -0.2) is 4.79 Å². The van der Waals surface area contributed by atoms with Gasteiger partial charge in [0.2, 0.25) is 11.8 Å². The third-order valence-corrected chi connectivity index (χ3v) is 3.09. The third-order valence-electron chi connectivity index (χ3n) is 3.09. The number of urea groups is 1. The summed E-state index contributed by atoms with van der Waals surface area (Å²) >= 11 is 0. The maximum Gasteiger partial charge on any atom is 0.315 e. The second kappa shape index (κ2) is 7.58. The maximum absolute atomic E-state index is 11.4. The Hall–Kier alpha value is -2.16. The fourth-order valence-electron chi connectivity index (χ4n) is 1.99. The number of piperidine rings is 1. The lowest BCUT2D eigenvalue weighted by molar-refractivity contribution is -0.122. The van der Waals surface area contributed by atoms with E-state index in [2.05, 4.69) is 26.1 Å². The average molecular weight is 297 g/mol. The van der Waals surface area contributed by atoms with Gasteiger partial charge < -0.3 is 25.2 Å². The van der Waals surface area contributed by atoms with Crippen LogP contribution in [0.15, 0.2) is 4.52 Å². The van der Waals surface area contributed by atoms with Crippen LogP contribution in [-0.4, -0.2) is 48.9 Å². The van der Waals surface area contributed by atoms with Crippen molar-refractivity contribution in [1.29, 1.82) is 0 Å². The molecule has 1 aliphatic heterocycles. The van der Waals surface area contributed by atoms with Crippen LogP contribution in [0.2, 0.25) is 0 Å². The van der Waals surface area contributed by atoms with E-state index in [1.54, 1.807) is 7.11 Å². The van der Waals surface area contributed by atoms with Gasteiger partial charge in [0.15, 0.2) is 5.82 Å². The number of nitrogens with one attached hydrogen (secondary N) is 3. The zero-order chi connectivity index (χ0) is 15.1. The molecule has 0 spiro atoms. The summed E-state index contributed by atoms with van der Waals surface area (Å²) in [6.07, 6.45) is 1.15. The first-order chi connectivity index (χ1) is 10.2. The molecule has 21 heavy (non-hydrogen) atoms. The van der Waals surface area contributed by atoms with Gasteiger partial charge in [-0.1, -0.05) is 5.16 Å². The van der Waals surface area contributed by atoms with Crippen LogP contribution in [0.3, 0.4) is 0 Å². The second-order valence-corrected chi connectivity index (χ2v) is 4.69. The largest absolute Gasteiger partial charge is 0.383 e. The molecule has 1 fully saturated rings. The van der Waals surface area contributed by atoms with Gasteiger partial charge >= 0.3 is 6.03 Å². The number of carbonyl (C=O) groups excluding carboxylic acids is 2. The fraction of sp³-hybridized carbons (Fsp3) is 0.667. The van der Waals surface area contributed by atoms with E-state index < -0.39 is 0 Å². The lowest BCUT2D eigenvalue weighted by atomic mass is 9.97. The standard InChI is InChI=1S/C12H19N5O4/c1-20-5-4-14-12(19)15-7-10-16-11(17-21-10)8-2-3-13-9(18)6-8/h8H,2-7H2,1H3,(H,13,18)(H2,14,15,19). The van der Waals surface area contributed by atoms with Crippen LogP contribution in [-0.2, 0) is 16.1 Å². The summed E-state index contributed by atoms with van der Waals surface area (Å²) in [4.78, 5) is 27.0. The van der Waals surface area contributed by atoms with Crippen molar-refractivity contribution in [1.82, 2.24) is 26.1 Å². The minimum absolute atomic E-state index is 0.00625. The van der Waals surface area contributed by atoms with Crippen LogP contribution in [0, 0.1) is 0 Å². The predicted octanol–water partition coefficient (Wildman–Crippen LogP) is -0.491. The van der Waals surface area contributed by atoms with Crippen molar-refractivity contribution in [3.8, 4) is 0 Å². The number of rotatable bonds is 6. The Morgan fingerprint density at radius 3 is 3.14 bits per heavy atom. The fourth-order valence-corrected chi connectivity index (χ4v) is 1.99. The number of hydrogen-bond acceptors (Lipinski definition) is 6. The number of carbonyl (C=O) groups is 2. The molecular formula is C12H19N5O4. The molecule has 3 amide bonds. The molecule has 0 aromatic carbocycles. The summed E-state index contributed by atoms with van der Waals surface area (Å²) in [5.74, 6) is 0.805. The molecule has 2 rings (SSSR count). The van der Waals surface area contributed by atoms with Crippen molar-refractivity contribution in [2.24, 2.45) is 0 Å². The van der Waals surface area contributed by atoms with E-state index in [0.29, 0.717) is 37.8 Å². The topological polar surface area (TPSA) is 118 Å². The first-order valence-corrected chi connectivity index (χ1v) is 6.79. The van der Waals surface area contributed by atoms with Gasteiger partial charge in [0.05, 0.1) is 13.2 Å². The molecule has 1 aromatic rings. The molecule has 0 aliphatic carbocycles. The van der Waals surface area contributed by atoms with Gasteiger partial charge in [0.25, 0.3) is 0 Å². The Balaban J connectivity index is 1.77. The van der Waals surface area contributed by atoms with Gasteiger partial charge in [-0.2, -0.15) is 4.98 Å². The molecule has 1 unspecified atom stereocenters. The Labute approximate surface area is 121 Å². The van der Waals surface area contributed by atoms with Crippen molar-refractivity contribution >= 4 is 11.9 Å². The predicted molar refractivity (Wildman–Crippen MR) is 71.4 cm³/mol. The first-order valence-electron chi connectivity index (χ1n) is 6.79. The molecule has 2 heterocycles. The van der Waals surface area contributed by atoms with Gasteiger partial charge in [0.1, 0.15) is 0 Å². The zero-order valence-corrected chi connectivity index (χ0v) is 11.8. The van der Waals surface area contributed by atoms with Crippen LogP contribution < -0.4 is 16.0 Å². The van der Waals surface area contributed by atoms with E-state index in [1.165, 1.54) is 0 Å². The van der Waals surface area contributed by atoms with E-state index in [9.17, 15) is 9.59 Å². The SMILES string of the molecule is COCCNC(=O)NCc1nc(C2CCNC(=O)C2)no1. The Kier molecular flexibility index (Phi) is 5.50. The van der Waals surface area contributed by atoms with E-state index in [4.69, 9.17) is 9.26 Å². The molecule has 116 valence electrons. The van der Waals surface area contributed by atoms with Crippen LogP contribution >= 0.6 is 0 Å². The minimum atomic E-state index is -0.330. The van der Waals surface area contributed by atoms with Crippen LogP contribution in [0.1, 0.15) is 30.5 Å². The summed E-state index contributed by atoms with van der Waals surface area (Å²) < 4.78 is 9.89. The van der Waals surface area contributed by atoms with Crippen LogP contribution in [0.5, 0.6) is 0 Å². The highest BCUT2D eigenvalue weighted by atomic mass is 16.5. The van der Waals surface area contributed by atoms with Crippen molar-refractivity contribution in [2.45, 2.75) is 25.3 Å². The number of nitrogens with zero attached hydrogens (tertiary/aromatic N) is 2. The first kappa shape index (κ1) is 15.2. The highest BCUT2D eigenvalue weighted by molar-refractivity contribution is 5.77. The molecular weight excluding hydrogens is 278 g/mol. The zero-order valence-electron chi connectivity index (χ0n) is 11.8. The van der Waals surface area contributed by atoms with Gasteiger partial charge in [-0.3, -0.25) is 4.79 Å². The number of ether oxygens (including phenoxy) is 1. The molecule has 9 nitrogen and oxygen atoms in total. The molecule has 1 saturated heterocycles. The minimum Gasteiger partial charge on any atom is -0.383 e. The van der Waals surface area contributed by atoms with Crippen LogP contribution in [0.4, 0.5) is 4.79 Å².